The molecule has 6 nitrogen and oxygen atoms in total. The van der Waals surface area contributed by atoms with Gasteiger partial charge in [0.05, 0.1) is 11.7 Å². The van der Waals surface area contributed by atoms with Crippen molar-refractivity contribution < 1.29 is 4.52 Å². The molecule has 6 heteroatoms. The number of nitrogens with zero attached hydrogens (tertiary/aromatic N) is 5. The van der Waals surface area contributed by atoms with Crippen molar-refractivity contribution in [3.63, 3.8) is 0 Å². The monoisotopic (exact) mass is 315 g/mol. The second-order valence-corrected chi connectivity index (χ2v) is 6.11. The third-order valence-corrected chi connectivity index (χ3v) is 4.38. The van der Waals surface area contributed by atoms with Gasteiger partial charge in [0, 0.05) is 45.3 Å². The van der Waals surface area contributed by atoms with Gasteiger partial charge in [0.15, 0.2) is 5.82 Å². The van der Waals surface area contributed by atoms with Gasteiger partial charge in [0.1, 0.15) is 0 Å². The summed E-state index contributed by atoms with van der Waals surface area (Å²) in [6.07, 6.45) is 3.78. The maximum absolute atomic E-state index is 5.43. The Balaban J connectivity index is 1.51. The van der Waals surface area contributed by atoms with Crippen molar-refractivity contribution in [1.29, 1.82) is 0 Å². The zero-order valence-corrected chi connectivity index (χ0v) is 14.0. The fraction of sp³-hybridized carbons (Fsp3) is 0.588. The molecule has 23 heavy (non-hydrogen) atoms. The second kappa shape index (κ2) is 7.66. The van der Waals surface area contributed by atoms with Crippen molar-refractivity contribution in [2.24, 2.45) is 0 Å². The van der Waals surface area contributed by atoms with Gasteiger partial charge in [-0.05, 0) is 25.5 Å². The first kappa shape index (κ1) is 16.1. The van der Waals surface area contributed by atoms with E-state index in [1.54, 1.807) is 0 Å². The second-order valence-electron chi connectivity index (χ2n) is 6.11. The fourth-order valence-electron chi connectivity index (χ4n) is 2.95. The van der Waals surface area contributed by atoms with E-state index < -0.39 is 0 Å². The average Bonchev–Trinajstić information content (AvgIpc) is 3.05. The molecule has 1 saturated heterocycles. The Kier molecular flexibility index (Phi) is 5.35. The van der Waals surface area contributed by atoms with Gasteiger partial charge < -0.3 is 4.52 Å². The lowest BCUT2D eigenvalue weighted by Crippen LogP contribution is -2.46. The van der Waals surface area contributed by atoms with E-state index in [0.29, 0.717) is 0 Å². The molecule has 0 N–H and O–H groups in total. The van der Waals surface area contributed by atoms with E-state index in [0.717, 1.165) is 63.0 Å². The quantitative estimate of drug-likeness (QED) is 0.815. The van der Waals surface area contributed by atoms with Crippen LogP contribution in [0.2, 0.25) is 0 Å². The third kappa shape index (κ3) is 4.14. The summed E-state index contributed by atoms with van der Waals surface area (Å²) in [5.41, 5.74) is 1.13. The topological polar surface area (TPSA) is 58.3 Å². The van der Waals surface area contributed by atoms with E-state index in [4.69, 9.17) is 4.52 Å². The van der Waals surface area contributed by atoms with Crippen molar-refractivity contribution in [3.05, 3.63) is 41.8 Å². The number of rotatable bonds is 6. The summed E-state index contributed by atoms with van der Waals surface area (Å²) >= 11 is 0. The standard InChI is InChI=1S/C17H25N5O/c1-3-6-16-19-17(23-20-16)14(2)22-11-9-21(10-12-22)13-15-7-4-5-8-18-15/h4-5,7-8,14H,3,6,9-13H2,1-2H3/t14-/m0/s1. The Hall–Kier alpha value is -1.79. The first-order valence-electron chi connectivity index (χ1n) is 8.45. The summed E-state index contributed by atoms with van der Waals surface area (Å²) in [6, 6.07) is 6.28. The number of aromatic nitrogens is 3. The number of pyridine rings is 1. The minimum absolute atomic E-state index is 0.185. The molecule has 0 aromatic carbocycles. The van der Waals surface area contributed by atoms with Crippen LogP contribution in [0.4, 0.5) is 0 Å². The normalized spacial score (nSPS) is 18.2. The molecule has 3 heterocycles. The molecule has 1 aliphatic heterocycles. The van der Waals surface area contributed by atoms with E-state index in [9.17, 15) is 0 Å². The van der Waals surface area contributed by atoms with Crippen LogP contribution in [-0.2, 0) is 13.0 Å². The zero-order valence-electron chi connectivity index (χ0n) is 14.0. The van der Waals surface area contributed by atoms with Crippen LogP contribution in [-0.4, -0.2) is 51.1 Å². The van der Waals surface area contributed by atoms with Gasteiger partial charge in [-0.1, -0.05) is 18.1 Å². The minimum Gasteiger partial charge on any atom is -0.338 e. The molecule has 1 aliphatic rings. The van der Waals surface area contributed by atoms with Gasteiger partial charge in [0.25, 0.3) is 0 Å². The molecule has 0 saturated carbocycles. The molecule has 2 aromatic rings. The van der Waals surface area contributed by atoms with Gasteiger partial charge in [0.2, 0.25) is 5.89 Å². The predicted octanol–water partition coefficient (Wildman–Crippen LogP) is 2.30. The average molecular weight is 315 g/mol. The van der Waals surface area contributed by atoms with Crippen LogP contribution in [0.15, 0.2) is 28.9 Å². The molecule has 0 amide bonds. The predicted molar refractivity (Wildman–Crippen MR) is 87.8 cm³/mol. The fourth-order valence-corrected chi connectivity index (χ4v) is 2.95. The smallest absolute Gasteiger partial charge is 0.243 e. The first-order chi connectivity index (χ1) is 11.3. The van der Waals surface area contributed by atoms with Gasteiger partial charge in [-0.3, -0.25) is 14.8 Å². The Labute approximate surface area is 137 Å². The molecular formula is C17H25N5O. The lowest BCUT2D eigenvalue weighted by Gasteiger charge is -2.36. The number of aryl methyl sites for hydroxylation is 1. The van der Waals surface area contributed by atoms with Crippen LogP contribution >= 0.6 is 0 Å². The van der Waals surface area contributed by atoms with Crippen molar-refractivity contribution in [1.82, 2.24) is 24.9 Å². The highest BCUT2D eigenvalue weighted by Crippen LogP contribution is 2.20. The Morgan fingerprint density at radius 1 is 1.22 bits per heavy atom. The van der Waals surface area contributed by atoms with Crippen LogP contribution in [0.3, 0.4) is 0 Å². The molecule has 0 radical (unpaired) electrons. The lowest BCUT2D eigenvalue weighted by atomic mass is 10.2. The van der Waals surface area contributed by atoms with Crippen LogP contribution in [0.25, 0.3) is 0 Å². The van der Waals surface area contributed by atoms with Crippen molar-refractivity contribution in [2.75, 3.05) is 26.2 Å². The van der Waals surface area contributed by atoms with Crippen molar-refractivity contribution >= 4 is 0 Å². The molecule has 0 spiro atoms. The van der Waals surface area contributed by atoms with Gasteiger partial charge in [-0.2, -0.15) is 4.98 Å². The van der Waals surface area contributed by atoms with E-state index >= 15 is 0 Å². The Morgan fingerprint density at radius 2 is 2.04 bits per heavy atom. The minimum atomic E-state index is 0.185. The summed E-state index contributed by atoms with van der Waals surface area (Å²) in [5, 5.41) is 4.06. The van der Waals surface area contributed by atoms with Crippen LogP contribution < -0.4 is 0 Å². The summed E-state index contributed by atoms with van der Waals surface area (Å²) in [4.78, 5) is 13.8. The Morgan fingerprint density at radius 3 is 2.74 bits per heavy atom. The van der Waals surface area contributed by atoms with Crippen LogP contribution in [0, 0.1) is 0 Å². The van der Waals surface area contributed by atoms with Gasteiger partial charge in [-0.25, -0.2) is 0 Å². The van der Waals surface area contributed by atoms with E-state index in [-0.39, 0.29) is 6.04 Å². The molecular weight excluding hydrogens is 290 g/mol. The molecule has 1 fully saturated rings. The highest BCUT2D eigenvalue weighted by molar-refractivity contribution is 5.03. The molecule has 3 rings (SSSR count). The first-order valence-corrected chi connectivity index (χ1v) is 8.45. The molecule has 0 unspecified atom stereocenters. The van der Waals surface area contributed by atoms with Crippen molar-refractivity contribution in [3.8, 4) is 0 Å². The summed E-state index contributed by atoms with van der Waals surface area (Å²) in [7, 11) is 0. The van der Waals surface area contributed by atoms with Gasteiger partial charge in [-0.15, -0.1) is 0 Å². The maximum atomic E-state index is 5.43. The molecule has 1 atom stereocenters. The molecule has 124 valence electrons. The van der Waals surface area contributed by atoms with Crippen LogP contribution in [0.5, 0.6) is 0 Å². The largest absolute Gasteiger partial charge is 0.338 e. The number of hydrogen-bond acceptors (Lipinski definition) is 6. The number of piperazine rings is 1. The highest BCUT2D eigenvalue weighted by Gasteiger charge is 2.25. The van der Waals surface area contributed by atoms with Crippen LogP contribution in [0.1, 0.15) is 43.7 Å². The number of hydrogen-bond donors (Lipinski definition) is 0. The maximum Gasteiger partial charge on any atom is 0.243 e. The third-order valence-electron chi connectivity index (χ3n) is 4.38. The molecule has 2 aromatic heterocycles. The van der Waals surface area contributed by atoms with E-state index in [2.05, 4.69) is 44.8 Å². The Bertz CT molecular complexity index is 592. The van der Waals surface area contributed by atoms with E-state index in [1.807, 2.05) is 18.3 Å². The molecule has 0 bridgehead atoms. The summed E-state index contributed by atoms with van der Waals surface area (Å²) < 4.78 is 5.43. The lowest BCUT2D eigenvalue weighted by molar-refractivity contribution is 0.0839. The highest BCUT2D eigenvalue weighted by atomic mass is 16.5. The SMILES string of the molecule is CCCc1noc([C@H](C)N2CCN(Cc3ccccn3)CC2)n1. The summed E-state index contributed by atoms with van der Waals surface area (Å²) in [6.45, 7) is 9.30. The molecule has 0 aliphatic carbocycles. The zero-order chi connectivity index (χ0) is 16.1. The van der Waals surface area contributed by atoms with E-state index in [1.165, 1.54) is 0 Å². The summed E-state index contributed by atoms with van der Waals surface area (Å²) in [5.74, 6) is 1.56. The van der Waals surface area contributed by atoms with Gasteiger partial charge >= 0.3 is 0 Å². The van der Waals surface area contributed by atoms with Crippen molar-refractivity contribution in [2.45, 2.75) is 39.3 Å².